The van der Waals surface area contributed by atoms with Crippen LogP contribution in [-0.2, 0) is 4.79 Å². The molecule has 7 atom stereocenters. The zero-order chi connectivity index (χ0) is 28.5. The molecule has 3 fully saturated rings. The van der Waals surface area contributed by atoms with Gasteiger partial charge < -0.3 is 25.4 Å². The van der Waals surface area contributed by atoms with E-state index in [9.17, 15) is 23.8 Å². The lowest BCUT2D eigenvalue weighted by Gasteiger charge is -2.23. The second kappa shape index (κ2) is 9.33. The molecule has 0 spiro atoms. The average molecular weight is 557 g/mol. The van der Waals surface area contributed by atoms with E-state index in [1.807, 2.05) is 30.3 Å². The van der Waals surface area contributed by atoms with Crippen molar-refractivity contribution < 1.29 is 23.8 Å². The van der Waals surface area contributed by atoms with E-state index in [2.05, 4.69) is 37.4 Å². The molecule has 3 aliphatic carbocycles. The van der Waals surface area contributed by atoms with Crippen molar-refractivity contribution in [3.05, 3.63) is 83.4 Å². The highest BCUT2D eigenvalue weighted by Gasteiger charge is 2.75. The monoisotopic (exact) mass is 556 g/mol. The first kappa shape index (κ1) is 25.6. The van der Waals surface area contributed by atoms with E-state index >= 15 is 0 Å². The van der Waals surface area contributed by atoms with Gasteiger partial charge in [0, 0.05) is 30.5 Å². The fraction of sp³-hybridized carbons (Fsp3) is 0.333. The molecule has 4 N–H and O–H groups in total. The Bertz CT molecular complexity index is 1750. The normalized spacial score (nSPS) is 29.4. The van der Waals surface area contributed by atoms with Crippen LogP contribution in [-0.4, -0.2) is 60.9 Å². The predicted octanol–water partition coefficient (Wildman–Crippen LogP) is 2.50. The summed E-state index contributed by atoms with van der Waals surface area (Å²) in [5.74, 6) is 4.29. The van der Waals surface area contributed by atoms with Gasteiger partial charge in [0.15, 0.2) is 28.6 Å². The molecule has 3 saturated carbocycles. The number of anilines is 1. The smallest absolute Gasteiger partial charge is 0.229 e. The molecule has 208 valence electrons. The molecule has 2 aromatic carbocycles. The highest BCUT2D eigenvalue weighted by Crippen LogP contribution is 2.67. The number of aliphatic hydroxyl groups excluding tert-OH is 2. The van der Waals surface area contributed by atoms with Gasteiger partial charge in [-0.3, -0.25) is 4.79 Å². The van der Waals surface area contributed by atoms with Crippen molar-refractivity contribution in [2.24, 2.45) is 11.3 Å². The number of imidazole rings is 1. The number of benzene rings is 2. The molecular weight excluding hydrogens is 530 g/mol. The van der Waals surface area contributed by atoms with Crippen molar-refractivity contribution in [3.63, 3.8) is 0 Å². The van der Waals surface area contributed by atoms with Gasteiger partial charge in [0.25, 0.3) is 0 Å². The number of nitrogens with zero attached hydrogens (tertiary/aromatic N) is 4. The van der Waals surface area contributed by atoms with Gasteiger partial charge in [-0.05, 0) is 48.6 Å². The van der Waals surface area contributed by atoms with Gasteiger partial charge in [-0.25, -0.2) is 23.7 Å². The van der Waals surface area contributed by atoms with Crippen LogP contribution in [0.4, 0.5) is 14.6 Å². The van der Waals surface area contributed by atoms with Crippen molar-refractivity contribution in [1.82, 2.24) is 24.8 Å². The van der Waals surface area contributed by atoms with Crippen LogP contribution < -0.4 is 10.6 Å². The van der Waals surface area contributed by atoms with Gasteiger partial charge in [0.1, 0.15) is 6.10 Å². The first-order valence-electron chi connectivity index (χ1n) is 13.4. The van der Waals surface area contributed by atoms with Crippen LogP contribution in [0, 0.1) is 34.8 Å². The lowest BCUT2D eigenvalue weighted by Crippen LogP contribution is -2.41. The fourth-order valence-electron chi connectivity index (χ4n) is 6.37. The summed E-state index contributed by atoms with van der Waals surface area (Å²) in [6, 6.07) is 12.6. The van der Waals surface area contributed by atoms with E-state index in [0.29, 0.717) is 35.4 Å². The van der Waals surface area contributed by atoms with E-state index < -0.39 is 35.3 Å². The molecule has 2 heterocycles. The summed E-state index contributed by atoms with van der Waals surface area (Å²) >= 11 is 0. The van der Waals surface area contributed by atoms with Crippen LogP contribution in [0.15, 0.2) is 54.9 Å². The Morgan fingerprint density at radius 1 is 1.10 bits per heavy atom. The fourth-order valence-corrected chi connectivity index (χ4v) is 6.37. The van der Waals surface area contributed by atoms with Crippen LogP contribution in [0.5, 0.6) is 0 Å². The number of rotatable bonds is 5. The van der Waals surface area contributed by atoms with Gasteiger partial charge in [-0.15, -0.1) is 0 Å². The Morgan fingerprint density at radius 3 is 2.66 bits per heavy atom. The molecule has 0 radical (unpaired) electrons. The quantitative estimate of drug-likeness (QED) is 0.279. The summed E-state index contributed by atoms with van der Waals surface area (Å²) < 4.78 is 29.0. The maximum absolute atomic E-state index is 13.8. The second-order valence-corrected chi connectivity index (χ2v) is 11.0. The predicted molar refractivity (Wildman–Crippen MR) is 145 cm³/mol. The molecular formula is C30H26F2N6O3. The van der Waals surface area contributed by atoms with Crippen LogP contribution in [0.1, 0.15) is 41.8 Å². The third kappa shape index (κ3) is 4.05. The Balaban J connectivity index is 1.26. The van der Waals surface area contributed by atoms with Gasteiger partial charge in [-0.2, -0.15) is 0 Å². The minimum atomic E-state index is -1.23. The van der Waals surface area contributed by atoms with Crippen LogP contribution >= 0.6 is 0 Å². The molecule has 4 aromatic rings. The van der Waals surface area contributed by atoms with Crippen molar-refractivity contribution in [2.45, 2.75) is 43.1 Å². The number of aliphatic hydroxyl groups is 2. The molecule has 9 nitrogen and oxygen atoms in total. The molecule has 2 aromatic heterocycles. The molecule has 0 unspecified atom stereocenters. The zero-order valence-corrected chi connectivity index (χ0v) is 21.9. The molecule has 3 aliphatic rings. The standard InChI is InChI=1S/C30H26F2N6O3/c1-33-29(41)30-13-18(30)24(25(39)26(30)40)38-14-34-23-27(35-21-12-17(21)16-8-9-19(31)20(32)11-16)36-22(37-28(23)38)10-7-15-5-3-2-4-6-15/h2-6,8-9,11,14,17-18,21,24-26,39-40H,12-13H2,1H3,(H,33,41)(H,35,36,37)/t17-,18+,21+,24+,25-,26-,30-/m0/s1. The van der Waals surface area contributed by atoms with Gasteiger partial charge in [0.05, 0.1) is 23.9 Å². The molecule has 11 heteroatoms. The number of nitrogens with one attached hydrogen (secondary N) is 2. The molecule has 0 saturated heterocycles. The number of hydrogen-bond donors (Lipinski definition) is 4. The minimum Gasteiger partial charge on any atom is -0.389 e. The van der Waals surface area contributed by atoms with Crippen molar-refractivity contribution in [1.29, 1.82) is 0 Å². The third-order valence-electron chi connectivity index (χ3n) is 8.64. The zero-order valence-electron chi connectivity index (χ0n) is 21.9. The highest BCUT2D eigenvalue weighted by atomic mass is 19.2. The van der Waals surface area contributed by atoms with Gasteiger partial charge in [-0.1, -0.05) is 30.2 Å². The van der Waals surface area contributed by atoms with E-state index in [1.165, 1.54) is 19.4 Å². The largest absolute Gasteiger partial charge is 0.389 e. The highest BCUT2D eigenvalue weighted by molar-refractivity contribution is 5.88. The maximum atomic E-state index is 13.8. The van der Waals surface area contributed by atoms with Crippen molar-refractivity contribution >= 4 is 22.9 Å². The second-order valence-electron chi connectivity index (χ2n) is 11.0. The van der Waals surface area contributed by atoms with E-state index in [-0.39, 0.29) is 29.6 Å². The molecule has 1 amide bonds. The van der Waals surface area contributed by atoms with Gasteiger partial charge >= 0.3 is 0 Å². The summed E-state index contributed by atoms with van der Waals surface area (Å²) in [5.41, 5.74) is 1.25. The molecule has 7 rings (SSSR count). The Hall–Kier alpha value is -4.40. The number of aromatic nitrogens is 4. The number of hydrogen-bond acceptors (Lipinski definition) is 7. The topological polar surface area (TPSA) is 125 Å². The molecule has 0 aliphatic heterocycles. The van der Waals surface area contributed by atoms with Crippen LogP contribution in [0.2, 0.25) is 0 Å². The van der Waals surface area contributed by atoms with E-state index in [4.69, 9.17) is 0 Å². The Morgan fingerprint density at radius 2 is 1.90 bits per heavy atom. The number of halogens is 2. The first-order valence-corrected chi connectivity index (χ1v) is 13.4. The number of carbonyl (C=O) groups is 1. The lowest BCUT2D eigenvalue weighted by molar-refractivity contribution is -0.132. The van der Waals surface area contributed by atoms with Gasteiger partial charge in [0.2, 0.25) is 11.7 Å². The maximum Gasteiger partial charge on any atom is 0.229 e. The summed E-state index contributed by atoms with van der Waals surface area (Å²) in [6.45, 7) is 0. The Labute approximate surface area is 233 Å². The first-order chi connectivity index (χ1) is 19.8. The summed E-state index contributed by atoms with van der Waals surface area (Å²) in [4.78, 5) is 26.5. The Kier molecular flexibility index (Phi) is 5.81. The molecule has 41 heavy (non-hydrogen) atoms. The number of fused-ring (bicyclic) bond motifs is 2. The van der Waals surface area contributed by atoms with E-state index in [1.54, 1.807) is 10.6 Å². The SMILES string of the molecule is CNC(=O)[C@@]12C[C@@H]1[C@@H](n1cnc3c(N[C@@H]4C[C@H]4c4ccc(F)c(F)c4)nc(C#Cc4ccccc4)nc31)[C@H](O)[C@@H]2O. The van der Waals surface area contributed by atoms with Crippen LogP contribution in [0.3, 0.4) is 0 Å². The molecule has 0 bridgehead atoms. The van der Waals surface area contributed by atoms with E-state index in [0.717, 1.165) is 11.6 Å². The van der Waals surface area contributed by atoms with Crippen molar-refractivity contribution in [3.8, 4) is 11.8 Å². The lowest BCUT2D eigenvalue weighted by atomic mass is 9.98. The average Bonchev–Trinajstić information content (AvgIpc) is 3.86. The summed E-state index contributed by atoms with van der Waals surface area (Å²) in [7, 11) is 1.51. The number of carbonyl (C=O) groups excluding carboxylic acids is 1. The third-order valence-corrected chi connectivity index (χ3v) is 8.64. The van der Waals surface area contributed by atoms with Crippen molar-refractivity contribution in [2.75, 3.05) is 12.4 Å². The van der Waals surface area contributed by atoms with Crippen LogP contribution in [0.25, 0.3) is 11.2 Å². The number of amides is 1. The minimum absolute atomic E-state index is 0.0394. The summed E-state index contributed by atoms with van der Waals surface area (Å²) in [5, 5.41) is 27.9. The summed E-state index contributed by atoms with van der Waals surface area (Å²) in [6.07, 6.45) is 0.235.